The molecule has 2 heterocycles. The van der Waals surface area contributed by atoms with Crippen molar-refractivity contribution in [1.29, 1.82) is 0 Å². The number of aromatic hydroxyl groups is 1. The Bertz CT molecular complexity index is 1450. The minimum Gasteiger partial charge on any atom is -0.508 e. The number of nitrogens with one attached hydrogen (secondary N) is 3. The van der Waals surface area contributed by atoms with E-state index in [1.165, 1.54) is 0 Å². The van der Waals surface area contributed by atoms with Crippen molar-refractivity contribution in [1.82, 2.24) is 19.9 Å². The zero-order chi connectivity index (χ0) is 24.0. The maximum atomic E-state index is 12.4. The molecular weight excluding hydrogens is 440 g/mol. The molecular formula is C27H24N6O2. The second-order valence-corrected chi connectivity index (χ2v) is 7.92. The summed E-state index contributed by atoms with van der Waals surface area (Å²) in [4.78, 5) is 17.0. The molecule has 0 saturated carbocycles. The molecule has 0 radical (unpaired) electrons. The quantitative estimate of drug-likeness (QED) is 0.249. The molecule has 5 rings (SSSR count). The Morgan fingerprint density at radius 2 is 1.63 bits per heavy atom. The molecule has 0 spiro atoms. The van der Waals surface area contributed by atoms with Gasteiger partial charge in [0.25, 0.3) is 5.91 Å². The average Bonchev–Trinajstić information content (AvgIpc) is 3.30. The number of phenolic OH excluding ortho intramolecular Hbond substituents is 1. The Labute approximate surface area is 202 Å². The predicted molar refractivity (Wildman–Crippen MR) is 137 cm³/mol. The lowest BCUT2D eigenvalue weighted by Crippen LogP contribution is -2.28. The molecule has 8 nitrogen and oxygen atoms in total. The van der Waals surface area contributed by atoms with Crippen LogP contribution in [0.5, 0.6) is 5.75 Å². The predicted octanol–water partition coefficient (Wildman–Crippen LogP) is 4.69. The van der Waals surface area contributed by atoms with Crippen molar-refractivity contribution in [3.05, 3.63) is 103 Å². The van der Waals surface area contributed by atoms with Crippen LogP contribution >= 0.6 is 0 Å². The highest BCUT2D eigenvalue weighted by molar-refractivity contribution is 5.94. The van der Waals surface area contributed by atoms with Gasteiger partial charge in [-0.2, -0.15) is 4.98 Å². The molecule has 0 aliphatic rings. The molecule has 4 N–H and O–H groups in total. The first-order valence-corrected chi connectivity index (χ1v) is 11.3. The third-order valence-corrected chi connectivity index (χ3v) is 5.42. The molecule has 8 heteroatoms. The smallest absolute Gasteiger partial charge is 0.251 e. The molecule has 35 heavy (non-hydrogen) atoms. The van der Waals surface area contributed by atoms with Crippen LogP contribution in [0.15, 0.2) is 97.1 Å². The lowest BCUT2D eigenvalue weighted by molar-refractivity contribution is 0.0955. The van der Waals surface area contributed by atoms with E-state index in [0.717, 1.165) is 22.6 Å². The van der Waals surface area contributed by atoms with E-state index < -0.39 is 0 Å². The topological polar surface area (TPSA) is 104 Å². The molecule has 0 atom stereocenters. The van der Waals surface area contributed by atoms with Gasteiger partial charge in [-0.15, -0.1) is 5.10 Å². The Kier molecular flexibility index (Phi) is 6.25. The number of rotatable bonds is 8. The summed E-state index contributed by atoms with van der Waals surface area (Å²) in [6.07, 6.45) is 0. The first-order valence-electron chi connectivity index (χ1n) is 11.3. The Morgan fingerprint density at radius 1 is 0.829 bits per heavy atom. The van der Waals surface area contributed by atoms with E-state index >= 15 is 0 Å². The number of pyridine rings is 1. The molecule has 3 aromatic carbocycles. The minimum absolute atomic E-state index is 0.131. The Balaban J connectivity index is 1.22. The van der Waals surface area contributed by atoms with Gasteiger partial charge >= 0.3 is 0 Å². The molecule has 2 aromatic heterocycles. The fourth-order valence-corrected chi connectivity index (χ4v) is 3.72. The van der Waals surface area contributed by atoms with Crippen LogP contribution in [0.4, 0.5) is 17.3 Å². The van der Waals surface area contributed by atoms with Crippen molar-refractivity contribution >= 4 is 28.9 Å². The van der Waals surface area contributed by atoms with Crippen LogP contribution in [0.3, 0.4) is 0 Å². The standard InChI is InChI=1S/C27H24N6O2/c34-23-9-4-6-20(18-23)24-10-5-11-25-31-27(32-33(24)25)30-22-14-12-19(13-15-22)26(35)29-17-16-28-21-7-2-1-3-8-21/h1-15,18,28,34H,16-17H2,(H,29,35)(H,30,32). The maximum Gasteiger partial charge on any atom is 0.251 e. The van der Waals surface area contributed by atoms with Crippen molar-refractivity contribution in [3.63, 3.8) is 0 Å². The number of benzene rings is 3. The number of carbonyl (C=O) groups excluding carboxylic acids is 1. The lowest BCUT2D eigenvalue weighted by Gasteiger charge is -2.08. The zero-order valence-corrected chi connectivity index (χ0v) is 18.8. The first kappa shape index (κ1) is 22.0. The molecule has 0 bridgehead atoms. The van der Waals surface area contributed by atoms with Gasteiger partial charge in [0, 0.05) is 35.6 Å². The number of fused-ring (bicyclic) bond motifs is 1. The number of carbonyl (C=O) groups is 1. The van der Waals surface area contributed by atoms with E-state index in [-0.39, 0.29) is 11.7 Å². The number of amides is 1. The number of phenols is 1. The maximum absolute atomic E-state index is 12.4. The lowest BCUT2D eigenvalue weighted by atomic mass is 10.1. The van der Waals surface area contributed by atoms with Gasteiger partial charge in [0.15, 0.2) is 5.65 Å². The minimum atomic E-state index is -0.131. The number of hydrogen-bond donors (Lipinski definition) is 4. The molecule has 0 saturated heterocycles. The monoisotopic (exact) mass is 464 g/mol. The molecule has 0 aliphatic heterocycles. The van der Waals surface area contributed by atoms with E-state index in [0.29, 0.717) is 30.2 Å². The van der Waals surface area contributed by atoms with Crippen LogP contribution in [0, 0.1) is 0 Å². The van der Waals surface area contributed by atoms with Gasteiger partial charge in [-0.3, -0.25) is 4.79 Å². The van der Waals surface area contributed by atoms with Crippen molar-refractivity contribution in [2.24, 2.45) is 0 Å². The van der Waals surface area contributed by atoms with Crippen LogP contribution < -0.4 is 16.0 Å². The molecule has 0 fully saturated rings. The summed E-state index contributed by atoms with van der Waals surface area (Å²) >= 11 is 0. The molecule has 5 aromatic rings. The van der Waals surface area contributed by atoms with Crippen LogP contribution in [0.1, 0.15) is 10.4 Å². The largest absolute Gasteiger partial charge is 0.508 e. The molecule has 1 amide bonds. The molecule has 0 aliphatic carbocycles. The summed E-state index contributed by atoms with van der Waals surface area (Å²) in [6, 6.07) is 29.7. The summed E-state index contributed by atoms with van der Waals surface area (Å²) in [6.45, 7) is 1.15. The Hall–Kier alpha value is -4.85. The van der Waals surface area contributed by atoms with Crippen molar-refractivity contribution < 1.29 is 9.90 Å². The molecule has 174 valence electrons. The van der Waals surface area contributed by atoms with Crippen LogP contribution in [0.25, 0.3) is 16.9 Å². The number of para-hydroxylation sites is 1. The highest BCUT2D eigenvalue weighted by atomic mass is 16.3. The van der Waals surface area contributed by atoms with Gasteiger partial charge in [-0.25, -0.2) is 4.52 Å². The highest BCUT2D eigenvalue weighted by Gasteiger charge is 2.10. The number of hydrogen-bond acceptors (Lipinski definition) is 6. The number of aromatic nitrogens is 3. The zero-order valence-electron chi connectivity index (χ0n) is 18.8. The highest BCUT2D eigenvalue weighted by Crippen LogP contribution is 2.24. The number of nitrogens with zero attached hydrogens (tertiary/aromatic N) is 3. The van der Waals surface area contributed by atoms with Crippen LogP contribution in [-0.4, -0.2) is 38.7 Å². The van der Waals surface area contributed by atoms with Gasteiger partial charge in [0.1, 0.15) is 5.75 Å². The third-order valence-electron chi connectivity index (χ3n) is 5.42. The summed E-state index contributed by atoms with van der Waals surface area (Å²) in [7, 11) is 0. The van der Waals surface area contributed by atoms with Gasteiger partial charge in [0.05, 0.1) is 5.69 Å². The van der Waals surface area contributed by atoms with E-state index in [2.05, 4.69) is 26.0 Å². The third kappa shape index (κ3) is 5.22. The van der Waals surface area contributed by atoms with E-state index in [1.54, 1.807) is 34.8 Å². The Morgan fingerprint density at radius 3 is 2.43 bits per heavy atom. The van der Waals surface area contributed by atoms with Gasteiger partial charge in [0.2, 0.25) is 5.95 Å². The van der Waals surface area contributed by atoms with Crippen LogP contribution in [-0.2, 0) is 0 Å². The van der Waals surface area contributed by atoms with E-state index in [9.17, 15) is 9.90 Å². The SMILES string of the molecule is O=C(NCCNc1ccccc1)c1ccc(Nc2nc3cccc(-c4cccc(O)c4)n3n2)cc1. The average molecular weight is 465 g/mol. The molecule has 0 unspecified atom stereocenters. The summed E-state index contributed by atoms with van der Waals surface area (Å²) < 4.78 is 1.72. The normalized spacial score (nSPS) is 10.7. The number of anilines is 3. The van der Waals surface area contributed by atoms with Crippen LogP contribution in [0.2, 0.25) is 0 Å². The van der Waals surface area contributed by atoms with E-state index in [1.807, 2.05) is 66.7 Å². The van der Waals surface area contributed by atoms with Gasteiger partial charge in [-0.05, 0) is 60.7 Å². The second kappa shape index (κ2) is 9.96. The van der Waals surface area contributed by atoms with Crippen molar-refractivity contribution in [2.45, 2.75) is 0 Å². The van der Waals surface area contributed by atoms with Gasteiger partial charge in [-0.1, -0.05) is 36.4 Å². The fraction of sp³-hybridized carbons (Fsp3) is 0.0741. The van der Waals surface area contributed by atoms with Crippen molar-refractivity contribution in [2.75, 3.05) is 23.7 Å². The fourth-order valence-electron chi connectivity index (χ4n) is 3.72. The first-order chi connectivity index (χ1) is 17.2. The summed E-state index contributed by atoms with van der Waals surface area (Å²) in [5, 5.41) is 23.8. The second-order valence-electron chi connectivity index (χ2n) is 7.92. The van der Waals surface area contributed by atoms with Crippen molar-refractivity contribution in [3.8, 4) is 17.0 Å². The summed E-state index contributed by atoms with van der Waals surface area (Å²) in [5.74, 6) is 0.490. The van der Waals surface area contributed by atoms with Gasteiger partial charge < -0.3 is 21.1 Å². The van der Waals surface area contributed by atoms with E-state index in [4.69, 9.17) is 0 Å². The summed E-state index contributed by atoms with van der Waals surface area (Å²) in [5.41, 5.74) is 4.68.